The van der Waals surface area contributed by atoms with E-state index >= 15 is 0 Å². The van der Waals surface area contributed by atoms with E-state index in [1.54, 1.807) is 30.4 Å². The first-order chi connectivity index (χ1) is 11.1. The van der Waals surface area contributed by atoms with Crippen molar-refractivity contribution in [1.29, 1.82) is 0 Å². The molecule has 2 aromatic carbocycles. The van der Waals surface area contributed by atoms with Crippen LogP contribution >= 0.6 is 23.2 Å². The molecule has 0 unspecified atom stereocenters. The van der Waals surface area contributed by atoms with Crippen LogP contribution in [0.4, 0.5) is 4.39 Å². The summed E-state index contributed by atoms with van der Waals surface area (Å²) >= 11 is 12.1. The topological polar surface area (TPSA) is 38.9 Å². The number of hydrogen-bond donors (Lipinski definition) is 0. The molecule has 0 atom stereocenters. The molecule has 1 heterocycles. The van der Waals surface area contributed by atoms with E-state index in [1.165, 1.54) is 6.07 Å². The lowest BCUT2D eigenvalue weighted by atomic mass is 10.1. The molecule has 3 rings (SSSR count). The number of nitrogens with zero attached hydrogens (tertiary/aromatic N) is 2. The van der Waals surface area contributed by atoms with Gasteiger partial charge in [0.05, 0.1) is 0 Å². The van der Waals surface area contributed by atoms with E-state index < -0.39 is 5.82 Å². The Morgan fingerprint density at radius 2 is 1.78 bits per heavy atom. The Labute approximate surface area is 142 Å². The van der Waals surface area contributed by atoms with Gasteiger partial charge in [0.15, 0.2) is 5.82 Å². The third-order valence-electron chi connectivity index (χ3n) is 3.19. The second-order valence-electron chi connectivity index (χ2n) is 4.78. The minimum absolute atomic E-state index is 0.162. The number of halogens is 3. The molecule has 6 heteroatoms. The first-order valence-corrected chi connectivity index (χ1v) is 7.57. The Morgan fingerprint density at radius 3 is 2.57 bits per heavy atom. The third-order valence-corrected chi connectivity index (χ3v) is 3.89. The van der Waals surface area contributed by atoms with Gasteiger partial charge < -0.3 is 4.52 Å². The van der Waals surface area contributed by atoms with E-state index in [9.17, 15) is 4.39 Å². The Balaban J connectivity index is 1.77. The molecule has 0 aliphatic rings. The lowest BCUT2D eigenvalue weighted by molar-refractivity contribution is 0.404. The van der Waals surface area contributed by atoms with Crippen molar-refractivity contribution < 1.29 is 8.91 Å². The van der Waals surface area contributed by atoms with Crippen LogP contribution in [0.2, 0.25) is 10.0 Å². The summed E-state index contributed by atoms with van der Waals surface area (Å²) in [7, 11) is 0. The van der Waals surface area contributed by atoms with Gasteiger partial charge in [-0.25, -0.2) is 4.39 Å². The highest BCUT2D eigenvalue weighted by Gasteiger charge is 2.12. The zero-order valence-electron chi connectivity index (χ0n) is 11.8. The minimum atomic E-state index is -0.393. The summed E-state index contributed by atoms with van der Waals surface area (Å²) in [6.45, 7) is 0. The molecule has 23 heavy (non-hydrogen) atoms. The van der Waals surface area contributed by atoms with E-state index in [2.05, 4.69) is 10.1 Å². The smallest absolute Gasteiger partial charge is 0.250 e. The maximum absolute atomic E-state index is 13.8. The van der Waals surface area contributed by atoms with Crippen molar-refractivity contribution in [3.05, 3.63) is 81.2 Å². The van der Waals surface area contributed by atoms with Crippen LogP contribution in [0.25, 0.3) is 12.2 Å². The molecule has 0 fully saturated rings. The van der Waals surface area contributed by atoms with Crippen molar-refractivity contribution in [3.8, 4) is 0 Å². The Morgan fingerprint density at radius 1 is 1.00 bits per heavy atom. The molecule has 0 saturated carbocycles. The predicted molar refractivity (Wildman–Crippen MR) is 88.9 cm³/mol. The molecule has 0 spiro atoms. The monoisotopic (exact) mass is 348 g/mol. The van der Waals surface area contributed by atoms with Crippen LogP contribution in [0.5, 0.6) is 0 Å². The van der Waals surface area contributed by atoms with Gasteiger partial charge in [-0.3, -0.25) is 0 Å². The van der Waals surface area contributed by atoms with E-state index in [-0.39, 0.29) is 6.42 Å². The van der Waals surface area contributed by atoms with Crippen LogP contribution in [0.15, 0.2) is 47.0 Å². The van der Waals surface area contributed by atoms with Crippen LogP contribution in [0.1, 0.15) is 22.8 Å². The van der Waals surface area contributed by atoms with Crippen LogP contribution in [0.3, 0.4) is 0 Å². The van der Waals surface area contributed by atoms with Crippen LogP contribution in [-0.4, -0.2) is 10.1 Å². The zero-order valence-corrected chi connectivity index (χ0v) is 13.4. The quantitative estimate of drug-likeness (QED) is 0.644. The zero-order chi connectivity index (χ0) is 16.2. The maximum atomic E-state index is 13.8. The summed E-state index contributed by atoms with van der Waals surface area (Å²) in [5.41, 5.74) is 1.18. The van der Waals surface area contributed by atoms with Crippen molar-refractivity contribution in [1.82, 2.24) is 10.1 Å². The fourth-order valence-corrected chi connectivity index (χ4v) is 2.47. The van der Waals surface area contributed by atoms with Gasteiger partial charge in [-0.2, -0.15) is 4.98 Å². The highest BCUT2D eigenvalue weighted by Crippen LogP contribution is 2.22. The van der Waals surface area contributed by atoms with Crippen molar-refractivity contribution in [3.63, 3.8) is 0 Å². The van der Waals surface area contributed by atoms with Crippen LogP contribution < -0.4 is 0 Å². The van der Waals surface area contributed by atoms with E-state index in [0.29, 0.717) is 27.3 Å². The average molecular weight is 349 g/mol. The predicted octanol–water partition coefficient (Wildman–Crippen LogP) is 5.28. The summed E-state index contributed by atoms with van der Waals surface area (Å²) in [5, 5.41) is 4.80. The molecular formula is C17H11Cl2FN2O. The van der Waals surface area contributed by atoms with Gasteiger partial charge in [0.25, 0.3) is 5.89 Å². The Hall–Kier alpha value is -2.17. The fraction of sp³-hybridized carbons (Fsp3) is 0.0588. The summed E-state index contributed by atoms with van der Waals surface area (Å²) in [6, 6.07) is 11.9. The van der Waals surface area contributed by atoms with Crippen LogP contribution in [0, 0.1) is 5.82 Å². The first-order valence-electron chi connectivity index (χ1n) is 6.81. The van der Waals surface area contributed by atoms with E-state index in [1.807, 2.05) is 18.2 Å². The third kappa shape index (κ3) is 3.78. The summed E-state index contributed by atoms with van der Waals surface area (Å²) < 4.78 is 18.9. The van der Waals surface area contributed by atoms with Crippen molar-refractivity contribution >= 4 is 35.4 Å². The van der Waals surface area contributed by atoms with Gasteiger partial charge in [-0.15, -0.1) is 0 Å². The van der Waals surface area contributed by atoms with Gasteiger partial charge in [0.1, 0.15) is 5.82 Å². The van der Waals surface area contributed by atoms with E-state index in [0.717, 1.165) is 5.56 Å². The number of benzene rings is 2. The molecule has 0 amide bonds. The van der Waals surface area contributed by atoms with Gasteiger partial charge in [0.2, 0.25) is 0 Å². The molecule has 0 radical (unpaired) electrons. The van der Waals surface area contributed by atoms with E-state index in [4.69, 9.17) is 27.7 Å². The van der Waals surface area contributed by atoms with Crippen molar-refractivity contribution in [2.75, 3.05) is 0 Å². The Bertz CT molecular complexity index is 841. The lowest BCUT2D eigenvalue weighted by Crippen LogP contribution is -1.95. The molecule has 0 N–H and O–H groups in total. The molecular weight excluding hydrogens is 338 g/mol. The molecule has 3 nitrogen and oxygen atoms in total. The average Bonchev–Trinajstić information content (AvgIpc) is 2.98. The SMILES string of the molecule is Fc1cccc(Cl)c1Cc1noc(C=Cc2ccccc2Cl)n1. The Kier molecular flexibility index (Phi) is 4.74. The highest BCUT2D eigenvalue weighted by atomic mass is 35.5. The number of aromatic nitrogens is 2. The van der Waals surface area contributed by atoms with Crippen LogP contribution in [-0.2, 0) is 6.42 Å². The molecule has 0 aliphatic heterocycles. The minimum Gasteiger partial charge on any atom is -0.335 e. The normalized spacial score (nSPS) is 11.3. The first kappa shape index (κ1) is 15.7. The summed E-state index contributed by atoms with van der Waals surface area (Å²) in [6.07, 6.45) is 3.59. The molecule has 0 bridgehead atoms. The van der Waals surface area contributed by atoms with Gasteiger partial charge in [0, 0.05) is 28.1 Å². The molecule has 3 aromatic rings. The molecule has 1 aromatic heterocycles. The largest absolute Gasteiger partial charge is 0.335 e. The van der Waals surface area contributed by atoms with Crippen molar-refractivity contribution in [2.45, 2.75) is 6.42 Å². The van der Waals surface area contributed by atoms with Gasteiger partial charge in [-0.05, 0) is 29.8 Å². The number of hydrogen-bond acceptors (Lipinski definition) is 3. The summed E-state index contributed by atoms with van der Waals surface area (Å²) in [5.74, 6) is 0.277. The lowest BCUT2D eigenvalue weighted by Gasteiger charge is -2.01. The molecule has 0 aliphatic carbocycles. The molecule has 0 saturated heterocycles. The summed E-state index contributed by atoms with van der Waals surface area (Å²) in [4.78, 5) is 4.20. The van der Waals surface area contributed by atoms with Gasteiger partial charge in [-0.1, -0.05) is 52.6 Å². The molecule has 116 valence electrons. The second kappa shape index (κ2) is 6.94. The van der Waals surface area contributed by atoms with Gasteiger partial charge >= 0.3 is 0 Å². The maximum Gasteiger partial charge on any atom is 0.250 e. The van der Waals surface area contributed by atoms with Crippen molar-refractivity contribution in [2.24, 2.45) is 0 Å². The fourth-order valence-electron chi connectivity index (χ4n) is 2.04. The highest BCUT2D eigenvalue weighted by molar-refractivity contribution is 6.32. The second-order valence-corrected chi connectivity index (χ2v) is 5.60. The number of rotatable bonds is 4. The standard InChI is InChI=1S/C17H11Cl2FN2O/c18-13-5-2-1-4-11(13)8-9-17-21-16(22-23-17)10-12-14(19)6-3-7-15(12)20/h1-9H,10H2.